The van der Waals surface area contributed by atoms with Crippen LogP contribution in [-0.4, -0.2) is 37.8 Å². The minimum absolute atomic E-state index is 0.775. The van der Waals surface area contributed by atoms with E-state index < -0.39 is 0 Å². The second-order valence-corrected chi connectivity index (χ2v) is 4.52. The molecule has 1 fully saturated rings. The summed E-state index contributed by atoms with van der Waals surface area (Å²) in [6, 6.07) is 0. The van der Waals surface area contributed by atoms with Gasteiger partial charge in [-0.25, -0.2) is 0 Å². The van der Waals surface area contributed by atoms with E-state index in [4.69, 9.17) is 4.74 Å². The molecule has 1 heterocycles. The van der Waals surface area contributed by atoms with Gasteiger partial charge in [0.05, 0.1) is 6.61 Å². The maximum Gasteiger partial charge on any atom is 0.0507 e. The molecule has 1 N–H and O–H groups in total. The summed E-state index contributed by atoms with van der Waals surface area (Å²) in [6.45, 7) is 6.43. The van der Waals surface area contributed by atoms with Gasteiger partial charge in [0, 0.05) is 25.4 Å². The fourth-order valence-electron chi connectivity index (χ4n) is 1.34. The Morgan fingerprint density at radius 3 is 3.17 bits per heavy atom. The van der Waals surface area contributed by atoms with Crippen molar-refractivity contribution in [1.82, 2.24) is 5.32 Å². The highest BCUT2D eigenvalue weighted by atomic mass is 32.2. The molecular weight excluding hydrogens is 170 g/mol. The van der Waals surface area contributed by atoms with Crippen molar-refractivity contribution in [2.45, 2.75) is 13.3 Å². The molecule has 0 aliphatic carbocycles. The van der Waals surface area contributed by atoms with E-state index in [0.717, 1.165) is 32.2 Å². The third-order valence-electron chi connectivity index (χ3n) is 2.08. The molecule has 0 radical (unpaired) electrons. The Labute approximate surface area is 79.4 Å². The van der Waals surface area contributed by atoms with Crippen LogP contribution >= 0.6 is 11.8 Å². The number of rotatable bonds is 6. The summed E-state index contributed by atoms with van der Waals surface area (Å²) in [5.74, 6) is 3.25. The lowest BCUT2D eigenvalue weighted by Gasteiger charge is -2.08. The van der Waals surface area contributed by atoms with Crippen LogP contribution in [0.25, 0.3) is 0 Å². The minimum Gasteiger partial charge on any atom is -0.381 e. The van der Waals surface area contributed by atoms with E-state index in [2.05, 4.69) is 12.2 Å². The fraction of sp³-hybridized carbons (Fsp3) is 1.00. The Morgan fingerprint density at radius 1 is 1.58 bits per heavy atom. The van der Waals surface area contributed by atoms with Crippen LogP contribution in [0.3, 0.4) is 0 Å². The van der Waals surface area contributed by atoms with Crippen LogP contribution in [0.4, 0.5) is 0 Å². The Morgan fingerprint density at radius 2 is 2.50 bits per heavy atom. The molecule has 1 atom stereocenters. The van der Waals surface area contributed by atoms with Crippen molar-refractivity contribution in [3.8, 4) is 0 Å². The van der Waals surface area contributed by atoms with E-state index >= 15 is 0 Å². The Balaban J connectivity index is 1.81. The van der Waals surface area contributed by atoms with Crippen LogP contribution < -0.4 is 5.32 Å². The summed E-state index contributed by atoms with van der Waals surface area (Å²) < 4.78 is 5.29. The van der Waals surface area contributed by atoms with E-state index in [9.17, 15) is 0 Å². The molecule has 3 heteroatoms. The van der Waals surface area contributed by atoms with Crippen molar-refractivity contribution in [2.75, 3.05) is 37.8 Å². The molecule has 0 spiro atoms. The smallest absolute Gasteiger partial charge is 0.0507 e. The van der Waals surface area contributed by atoms with E-state index in [-0.39, 0.29) is 0 Å². The first-order valence-corrected chi connectivity index (χ1v) is 5.95. The number of thioether (sulfide) groups is 1. The van der Waals surface area contributed by atoms with Crippen LogP contribution in [0.1, 0.15) is 13.3 Å². The molecular formula is C9H19NOS. The SMILES string of the molecule is CCSCCNCC1CCOC1. The average molecular weight is 189 g/mol. The number of hydrogen-bond donors (Lipinski definition) is 1. The zero-order valence-corrected chi connectivity index (χ0v) is 8.66. The van der Waals surface area contributed by atoms with Crippen LogP contribution in [0.5, 0.6) is 0 Å². The third-order valence-corrected chi connectivity index (χ3v) is 2.99. The third kappa shape index (κ3) is 4.33. The average Bonchev–Trinajstić information content (AvgIpc) is 2.57. The summed E-state index contributed by atoms with van der Waals surface area (Å²) in [7, 11) is 0. The molecule has 0 aromatic heterocycles. The van der Waals surface area contributed by atoms with Crippen LogP contribution in [0.15, 0.2) is 0 Å². The number of ether oxygens (including phenoxy) is 1. The molecule has 0 saturated carbocycles. The maximum absolute atomic E-state index is 5.29. The quantitative estimate of drug-likeness (QED) is 0.638. The molecule has 1 saturated heterocycles. The summed E-state index contributed by atoms with van der Waals surface area (Å²) in [5.41, 5.74) is 0. The molecule has 12 heavy (non-hydrogen) atoms. The Kier molecular flexibility index (Phi) is 5.82. The first-order valence-electron chi connectivity index (χ1n) is 4.79. The first kappa shape index (κ1) is 10.4. The normalized spacial score (nSPS) is 23.2. The van der Waals surface area contributed by atoms with Gasteiger partial charge in [0.2, 0.25) is 0 Å². The Hall–Kier alpha value is 0.270. The second kappa shape index (κ2) is 6.75. The van der Waals surface area contributed by atoms with Crippen LogP contribution in [0, 0.1) is 5.92 Å². The van der Waals surface area contributed by atoms with Gasteiger partial charge in [-0.05, 0) is 18.1 Å². The van der Waals surface area contributed by atoms with Gasteiger partial charge in [-0.2, -0.15) is 11.8 Å². The summed E-state index contributed by atoms with van der Waals surface area (Å²) in [4.78, 5) is 0. The molecule has 0 amide bonds. The van der Waals surface area contributed by atoms with Gasteiger partial charge in [-0.1, -0.05) is 6.92 Å². The lowest BCUT2D eigenvalue weighted by Crippen LogP contribution is -2.25. The second-order valence-electron chi connectivity index (χ2n) is 3.13. The van der Waals surface area contributed by atoms with Crippen LogP contribution in [0.2, 0.25) is 0 Å². The van der Waals surface area contributed by atoms with Gasteiger partial charge in [0.25, 0.3) is 0 Å². The molecule has 1 rings (SSSR count). The number of hydrogen-bond acceptors (Lipinski definition) is 3. The minimum atomic E-state index is 0.775. The van der Waals surface area contributed by atoms with Gasteiger partial charge in [0.15, 0.2) is 0 Å². The van der Waals surface area contributed by atoms with Gasteiger partial charge < -0.3 is 10.1 Å². The maximum atomic E-state index is 5.29. The molecule has 1 aliphatic rings. The lowest BCUT2D eigenvalue weighted by molar-refractivity contribution is 0.185. The van der Waals surface area contributed by atoms with Gasteiger partial charge in [0.1, 0.15) is 0 Å². The van der Waals surface area contributed by atoms with E-state index in [1.807, 2.05) is 11.8 Å². The monoisotopic (exact) mass is 189 g/mol. The summed E-state index contributed by atoms with van der Waals surface area (Å²) in [5, 5.41) is 3.46. The lowest BCUT2D eigenvalue weighted by atomic mass is 10.1. The largest absolute Gasteiger partial charge is 0.381 e. The molecule has 1 aliphatic heterocycles. The first-order chi connectivity index (χ1) is 5.93. The highest BCUT2D eigenvalue weighted by Crippen LogP contribution is 2.10. The molecule has 0 aromatic carbocycles. The van der Waals surface area contributed by atoms with E-state index in [0.29, 0.717) is 0 Å². The van der Waals surface area contributed by atoms with Crippen molar-refractivity contribution in [3.05, 3.63) is 0 Å². The predicted molar refractivity (Wildman–Crippen MR) is 54.8 cm³/mol. The summed E-state index contributed by atoms with van der Waals surface area (Å²) in [6.07, 6.45) is 1.24. The molecule has 0 aromatic rings. The van der Waals surface area contributed by atoms with Crippen molar-refractivity contribution in [2.24, 2.45) is 5.92 Å². The zero-order valence-electron chi connectivity index (χ0n) is 7.84. The summed E-state index contributed by atoms with van der Waals surface area (Å²) >= 11 is 2.00. The predicted octanol–water partition coefficient (Wildman–Crippen LogP) is 1.37. The molecule has 0 bridgehead atoms. The fourth-order valence-corrected chi connectivity index (χ4v) is 1.92. The van der Waals surface area contributed by atoms with Crippen molar-refractivity contribution in [1.29, 1.82) is 0 Å². The van der Waals surface area contributed by atoms with E-state index in [1.54, 1.807) is 0 Å². The van der Waals surface area contributed by atoms with Crippen molar-refractivity contribution < 1.29 is 4.74 Å². The van der Waals surface area contributed by atoms with Crippen molar-refractivity contribution in [3.63, 3.8) is 0 Å². The molecule has 1 unspecified atom stereocenters. The number of nitrogens with one attached hydrogen (secondary N) is 1. The van der Waals surface area contributed by atoms with Crippen molar-refractivity contribution >= 4 is 11.8 Å². The van der Waals surface area contributed by atoms with Crippen LogP contribution in [-0.2, 0) is 4.74 Å². The van der Waals surface area contributed by atoms with Gasteiger partial charge in [-0.3, -0.25) is 0 Å². The highest BCUT2D eigenvalue weighted by Gasteiger charge is 2.14. The van der Waals surface area contributed by atoms with E-state index in [1.165, 1.54) is 17.9 Å². The Bertz CT molecular complexity index is 105. The highest BCUT2D eigenvalue weighted by molar-refractivity contribution is 7.99. The molecule has 72 valence electrons. The van der Waals surface area contributed by atoms with Gasteiger partial charge in [-0.15, -0.1) is 0 Å². The standard InChI is InChI=1S/C9H19NOS/c1-2-12-6-4-10-7-9-3-5-11-8-9/h9-10H,2-8H2,1H3. The zero-order chi connectivity index (χ0) is 8.65. The van der Waals surface area contributed by atoms with Gasteiger partial charge >= 0.3 is 0 Å². The molecule has 2 nitrogen and oxygen atoms in total. The topological polar surface area (TPSA) is 21.3 Å².